The summed E-state index contributed by atoms with van der Waals surface area (Å²) in [6.45, 7) is 0.449. The molecule has 1 unspecified atom stereocenters. The minimum Gasteiger partial charge on any atom is -0.496 e. The summed E-state index contributed by atoms with van der Waals surface area (Å²) in [7, 11) is 1.51. The quantitative estimate of drug-likeness (QED) is 0.907. The maximum absolute atomic E-state index is 14.1. The molecular formula is C15H13ClFNO2. The fourth-order valence-electron chi connectivity index (χ4n) is 2.32. The van der Waals surface area contributed by atoms with Crippen molar-refractivity contribution in [1.82, 2.24) is 0 Å². The zero-order valence-electron chi connectivity index (χ0n) is 10.8. The molecule has 1 aliphatic heterocycles. The highest BCUT2D eigenvalue weighted by molar-refractivity contribution is 6.32. The van der Waals surface area contributed by atoms with Crippen molar-refractivity contribution >= 4 is 17.3 Å². The highest BCUT2D eigenvalue weighted by atomic mass is 35.5. The van der Waals surface area contributed by atoms with Gasteiger partial charge in [0.05, 0.1) is 29.9 Å². The smallest absolute Gasteiger partial charge is 0.162 e. The van der Waals surface area contributed by atoms with Crippen molar-refractivity contribution in [3.63, 3.8) is 0 Å². The summed E-state index contributed by atoms with van der Waals surface area (Å²) in [5.41, 5.74) is 1.21. The summed E-state index contributed by atoms with van der Waals surface area (Å²) in [5, 5.41) is 3.69. The summed E-state index contributed by atoms with van der Waals surface area (Å²) in [6, 6.07) is 10.2. The van der Waals surface area contributed by atoms with E-state index in [1.54, 1.807) is 18.2 Å². The first-order valence-corrected chi connectivity index (χ1v) is 6.60. The molecule has 104 valence electrons. The van der Waals surface area contributed by atoms with E-state index in [-0.39, 0.29) is 5.82 Å². The molecule has 0 fully saturated rings. The standard InChI is InChI=1S/C15H13ClFNO2/c1-19-12-7-3-5-10(17)14(12)13-8-18-11-6-2-4-9(16)15(11)20-13/h2-7,13,18H,8H2,1H3. The third-order valence-corrected chi connectivity index (χ3v) is 3.56. The number of anilines is 1. The Hall–Kier alpha value is -1.94. The van der Waals surface area contributed by atoms with Crippen LogP contribution >= 0.6 is 11.6 Å². The van der Waals surface area contributed by atoms with Crippen molar-refractivity contribution in [2.45, 2.75) is 6.10 Å². The Morgan fingerprint density at radius 2 is 2.10 bits per heavy atom. The van der Waals surface area contributed by atoms with E-state index in [1.165, 1.54) is 13.2 Å². The molecule has 2 aromatic carbocycles. The molecule has 1 N–H and O–H groups in total. The minimum absolute atomic E-state index is 0.355. The molecule has 1 heterocycles. The number of nitrogens with one attached hydrogen (secondary N) is 1. The Labute approximate surface area is 121 Å². The molecule has 0 saturated heterocycles. The Bertz CT molecular complexity index is 648. The second kappa shape index (κ2) is 5.21. The number of para-hydroxylation sites is 1. The van der Waals surface area contributed by atoms with Crippen LogP contribution in [0.1, 0.15) is 11.7 Å². The predicted octanol–water partition coefficient (Wildman–Crippen LogP) is 4.03. The molecular weight excluding hydrogens is 281 g/mol. The second-order valence-corrected chi connectivity index (χ2v) is 4.87. The van der Waals surface area contributed by atoms with Gasteiger partial charge in [-0.3, -0.25) is 0 Å². The van der Waals surface area contributed by atoms with Crippen LogP contribution in [-0.4, -0.2) is 13.7 Å². The molecule has 2 aromatic rings. The van der Waals surface area contributed by atoms with Crippen LogP contribution in [0.25, 0.3) is 0 Å². The molecule has 0 aliphatic carbocycles. The fraction of sp³-hybridized carbons (Fsp3) is 0.200. The van der Waals surface area contributed by atoms with Gasteiger partial charge in [-0.25, -0.2) is 4.39 Å². The molecule has 3 rings (SSSR count). The van der Waals surface area contributed by atoms with Gasteiger partial charge in [0.25, 0.3) is 0 Å². The molecule has 1 atom stereocenters. The van der Waals surface area contributed by atoms with E-state index in [0.717, 1.165) is 5.69 Å². The number of methoxy groups -OCH3 is 1. The van der Waals surface area contributed by atoms with E-state index in [1.807, 2.05) is 12.1 Å². The number of benzene rings is 2. The first-order valence-electron chi connectivity index (χ1n) is 6.22. The van der Waals surface area contributed by atoms with E-state index in [9.17, 15) is 4.39 Å². The molecule has 20 heavy (non-hydrogen) atoms. The largest absolute Gasteiger partial charge is 0.496 e. The van der Waals surface area contributed by atoms with Crippen LogP contribution in [0, 0.1) is 5.82 Å². The number of ether oxygens (including phenoxy) is 2. The van der Waals surface area contributed by atoms with Crippen LogP contribution in [-0.2, 0) is 0 Å². The lowest BCUT2D eigenvalue weighted by molar-refractivity contribution is 0.200. The summed E-state index contributed by atoms with van der Waals surface area (Å²) < 4.78 is 25.2. The lowest BCUT2D eigenvalue weighted by Gasteiger charge is -2.29. The van der Waals surface area contributed by atoms with Gasteiger partial charge in [0.2, 0.25) is 0 Å². The van der Waals surface area contributed by atoms with Crippen molar-refractivity contribution in [3.05, 3.63) is 52.8 Å². The third-order valence-electron chi connectivity index (χ3n) is 3.26. The summed E-state index contributed by atoms with van der Waals surface area (Å²) in [5.74, 6) is 0.648. The number of hydrogen-bond donors (Lipinski definition) is 1. The van der Waals surface area contributed by atoms with Gasteiger partial charge in [-0.2, -0.15) is 0 Å². The summed E-state index contributed by atoms with van der Waals surface area (Å²) >= 11 is 6.12. The SMILES string of the molecule is COc1cccc(F)c1C1CNc2cccc(Cl)c2O1. The van der Waals surface area contributed by atoms with Gasteiger partial charge in [-0.15, -0.1) is 0 Å². The van der Waals surface area contributed by atoms with Crippen molar-refractivity contribution in [2.75, 3.05) is 19.0 Å². The van der Waals surface area contributed by atoms with Crippen LogP contribution in [0.3, 0.4) is 0 Å². The van der Waals surface area contributed by atoms with E-state index < -0.39 is 6.10 Å². The molecule has 0 bridgehead atoms. The fourth-order valence-corrected chi connectivity index (χ4v) is 2.54. The molecule has 0 aromatic heterocycles. The van der Waals surface area contributed by atoms with Crippen LogP contribution in [0.15, 0.2) is 36.4 Å². The lowest BCUT2D eigenvalue weighted by atomic mass is 10.1. The Balaban J connectivity index is 2.01. The number of fused-ring (bicyclic) bond motifs is 1. The molecule has 3 nitrogen and oxygen atoms in total. The monoisotopic (exact) mass is 293 g/mol. The van der Waals surface area contributed by atoms with Gasteiger partial charge >= 0.3 is 0 Å². The molecule has 1 aliphatic rings. The van der Waals surface area contributed by atoms with Gasteiger partial charge < -0.3 is 14.8 Å². The average Bonchev–Trinajstić information content (AvgIpc) is 2.47. The topological polar surface area (TPSA) is 30.5 Å². The lowest BCUT2D eigenvalue weighted by Crippen LogP contribution is -2.25. The average molecular weight is 294 g/mol. The van der Waals surface area contributed by atoms with Crippen molar-refractivity contribution in [2.24, 2.45) is 0 Å². The van der Waals surface area contributed by atoms with Crippen LogP contribution in [0.2, 0.25) is 5.02 Å². The predicted molar refractivity (Wildman–Crippen MR) is 76.3 cm³/mol. The maximum Gasteiger partial charge on any atom is 0.162 e. The van der Waals surface area contributed by atoms with Gasteiger partial charge in [0, 0.05) is 0 Å². The zero-order valence-corrected chi connectivity index (χ0v) is 11.6. The first-order chi connectivity index (χ1) is 9.70. The molecule has 5 heteroatoms. The molecule has 0 spiro atoms. The van der Waals surface area contributed by atoms with E-state index >= 15 is 0 Å². The first kappa shape index (κ1) is 13.1. The maximum atomic E-state index is 14.1. The Morgan fingerprint density at radius 3 is 2.90 bits per heavy atom. The van der Waals surface area contributed by atoms with E-state index in [2.05, 4.69) is 5.32 Å². The van der Waals surface area contributed by atoms with Gasteiger partial charge in [-0.1, -0.05) is 23.7 Å². The van der Waals surface area contributed by atoms with Gasteiger partial charge in [-0.05, 0) is 24.3 Å². The molecule has 0 saturated carbocycles. The Kier molecular flexibility index (Phi) is 3.40. The summed E-state index contributed by atoms with van der Waals surface area (Å²) in [6.07, 6.45) is -0.487. The number of rotatable bonds is 2. The van der Waals surface area contributed by atoms with Crippen molar-refractivity contribution in [3.8, 4) is 11.5 Å². The third kappa shape index (κ3) is 2.16. The number of hydrogen-bond acceptors (Lipinski definition) is 3. The minimum atomic E-state index is -0.487. The van der Waals surface area contributed by atoms with E-state index in [4.69, 9.17) is 21.1 Å². The van der Waals surface area contributed by atoms with Crippen molar-refractivity contribution < 1.29 is 13.9 Å². The van der Waals surface area contributed by atoms with Crippen LogP contribution < -0.4 is 14.8 Å². The van der Waals surface area contributed by atoms with Gasteiger partial charge in [0.1, 0.15) is 17.7 Å². The van der Waals surface area contributed by atoms with Crippen LogP contribution in [0.5, 0.6) is 11.5 Å². The number of halogens is 2. The van der Waals surface area contributed by atoms with E-state index in [0.29, 0.717) is 28.6 Å². The van der Waals surface area contributed by atoms with Gasteiger partial charge in [0.15, 0.2) is 5.75 Å². The highest BCUT2D eigenvalue weighted by Crippen LogP contribution is 2.41. The zero-order chi connectivity index (χ0) is 14.1. The second-order valence-electron chi connectivity index (χ2n) is 4.46. The molecule has 0 amide bonds. The molecule has 0 radical (unpaired) electrons. The normalized spacial score (nSPS) is 16.9. The van der Waals surface area contributed by atoms with Crippen LogP contribution in [0.4, 0.5) is 10.1 Å². The van der Waals surface area contributed by atoms with Crippen molar-refractivity contribution in [1.29, 1.82) is 0 Å². The summed E-state index contributed by atoms with van der Waals surface area (Å²) in [4.78, 5) is 0. The highest BCUT2D eigenvalue weighted by Gasteiger charge is 2.27. The Morgan fingerprint density at radius 1 is 1.30 bits per heavy atom.